The van der Waals surface area contributed by atoms with Crippen molar-refractivity contribution in [2.45, 2.75) is 32.1 Å². The number of carbonyl (C=O) groups is 2. The minimum Gasteiger partial charge on any atom is -0.452 e. The molecule has 1 amide bonds. The number of carbonyl (C=O) groups excluding carboxylic acids is 2. The number of rotatable bonds is 3. The van der Waals surface area contributed by atoms with Crippen molar-refractivity contribution >= 4 is 27.7 Å². The van der Waals surface area contributed by atoms with Crippen LogP contribution >= 0.6 is 0 Å². The van der Waals surface area contributed by atoms with Gasteiger partial charge in [0, 0.05) is 25.8 Å². The molecule has 0 aromatic heterocycles. The Bertz CT molecular complexity index is 761. The fourth-order valence-corrected chi connectivity index (χ4v) is 4.15. The Morgan fingerprint density at radius 3 is 2.50 bits per heavy atom. The average Bonchev–Trinajstić information content (AvgIpc) is 2.58. The third-order valence-electron chi connectivity index (χ3n) is 4.61. The first-order valence-corrected chi connectivity index (χ1v) is 10.5. The molecule has 0 aromatic carbocycles. The highest BCUT2D eigenvalue weighted by Gasteiger charge is 2.31. The van der Waals surface area contributed by atoms with Gasteiger partial charge in [-0.05, 0) is 25.0 Å². The van der Waals surface area contributed by atoms with Crippen LogP contribution in [0.5, 0.6) is 0 Å². The van der Waals surface area contributed by atoms with E-state index >= 15 is 0 Å². The molecule has 142 valence electrons. The van der Waals surface area contributed by atoms with Crippen molar-refractivity contribution in [2.75, 3.05) is 32.0 Å². The molecular weight excluding hydrogens is 358 g/mol. The van der Waals surface area contributed by atoms with Gasteiger partial charge in [0.25, 0.3) is 15.9 Å². The highest BCUT2D eigenvalue weighted by molar-refractivity contribution is 7.90. The topological polar surface area (TPSA) is 96.4 Å². The van der Waals surface area contributed by atoms with Gasteiger partial charge < -0.3 is 14.5 Å². The van der Waals surface area contributed by atoms with Crippen molar-refractivity contribution in [3.63, 3.8) is 0 Å². The molecule has 0 radical (unpaired) electrons. The van der Waals surface area contributed by atoms with Crippen LogP contribution in [0.15, 0.2) is 28.3 Å². The van der Waals surface area contributed by atoms with Crippen molar-refractivity contribution in [3.8, 4) is 0 Å². The molecule has 0 aliphatic carbocycles. The van der Waals surface area contributed by atoms with Crippen LogP contribution in [-0.4, -0.2) is 67.9 Å². The van der Waals surface area contributed by atoms with Gasteiger partial charge >= 0.3 is 5.97 Å². The monoisotopic (exact) mass is 381 g/mol. The van der Waals surface area contributed by atoms with Crippen molar-refractivity contribution in [1.29, 1.82) is 0 Å². The molecule has 3 heterocycles. The SMILES string of the molecule is O=C(OCC(=O)N1CCCCCCC1)C1=CC=CN2CCS(=O)(=O)N=C12. The van der Waals surface area contributed by atoms with Crippen LogP contribution < -0.4 is 0 Å². The van der Waals surface area contributed by atoms with Gasteiger partial charge in [-0.3, -0.25) is 4.79 Å². The molecule has 0 bridgehead atoms. The molecule has 3 rings (SSSR count). The Morgan fingerprint density at radius 2 is 1.77 bits per heavy atom. The zero-order valence-electron chi connectivity index (χ0n) is 14.6. The van der Waals surface area contributed by atoms with E-state index in [0.29, 0.717) is 13.1 Å². The molecule has 0 spiro atoms. The number of nitrogens with zero attached hydrogens (tertiary/aromatic N) is 3. The number of hydrogen-bond donors (Lipinski definition) is 0. The van der Waals surface area contributed by atoms with Crippen LogP contribution in [-0.2, 0) is 24.3 Å². The zero-order chi connectivity index (χ0) is 18.6. The summed E-state index contributed by atoms with van der Waals surface area (Å²) in [6.07, 6.45) is 10.1. The number of sulfonamides is 1. The van der Waals surface area contributed by atoms with Crippen LogP contribution in [0.1, 0.15) is 32.1 Å². The Hall–Kier alpha value is -2.16. The van der Waals surface area contributed by atoms with Crippen molar-refractivity contribution in [1.82, 2.24) is 9.80 Å². The Balaban J connectivity index is 1.62. The van der Waals surface area contributed by atoms with Gasteiger partial charge in [-0.25, -0.2) is 13.2 Å². The molecule has 3 aliphatic heterocycles. The molecule has 0 N–H and O–H groups in total. The molecule has 1 fully saturated rings. The summed E-state index contributed by atoms with van der Waals surface area (Å²) in [5.41, 5.74) is 0.0521. The molecule has 26 heavy (non-hydrogen) atoms. The minimum absolute atomic E-state index is 0.0521. The second-order valence-corrected chi connectivity index (χ2v) is 8.30. The largest absolute Gasteiger partial charge is 0.452 e. The summed E-state index contributed by atoms with van der Waals surface area (Å²) in [5, 5.41) is 0. The van der Waals surface area contributed by atoms with E-state index in [1.54, 1.807) is 22.1 Å². The second-order valence-electron chi connectivity index (χ2n) is 6.54. The van der Waals surface area contributed by atoms with E-state index in [-0.39, 0.29) is 36.2 Å². The highest BCUT2D eigenvalue weighted by atomic mass is 32.2. The molecule has 8 nitrogen and oxygen atoms in total. The number of esters is 1. The smallest absolute Gasteiger partial charge is 0.342 e. The molecule has 0 unspecified atom stereocenters. The van der Waals surface area contributed by atoms with Crippen molar-refractivity contribution < 1.29 is 22.7 Å². The normalized spacial score (nSPS) is 22.5. The third-order valence-corrected chi connectivity index (χ3v) is 5.76. The van der Waals surface area contributed by atoms with E-state index in [0.717, 1.165) is 25.7 Å². The summed E-state index contributed by atoms with van der Waals surface area (Å²) >= 11 is 0. The van der Waals surface area contributed by atoms with Gasteiger partial charge in [0.15, 0.2) is 12.4 Å². The van der Waals surface area contributed by atoms with Gasteiger partial charge in [0.1, 0.15) is 5.57 Å². The molecule has 1 saturated heterocycles. The first-order chi connectivity index (χ1) is 12.5. The van der Waals surface area contributed by atoms with Crippen molar-refractivity contribution in [3.05, 3.63) is 23.9 Å². The quantitative estimate of drug-likeness (QED) is 0.672. The maximum absolute atomic E-state index is 12.4. The number of hydrogen-bond acceptors (Lipinski definition) is 6. The van der Waals surface area contributed by atoms with E-state index in [9.17, 15) is 18.0 Å². The molecule has 3 aliphatic rings. The summed E-state index contributed by atoms with van der Waals surface area (Å²) in [5.74, 6) is -1.00. The van der Waals surface area contributed by atoms with Gasteiger partial charge in [-0.2, -0.15) is 0 Å². The molecule has 9 heteroatoms. The van der Waals surface area contributed by atoms with E-state index in [2.05, 4.69) is 4.40 Å². The van der Waals surface area contributed by atoms with Crippen LogP contribution in [0, 0.1) is 0 Å². The molecule has 0 saturated carbocycles. The van der Waals surface area contributed by atoms with E-state index in [1.165, 1.54) is 12.5 Å². The molecule has 0 atom stereocenters. The number of allylic oxidation sites excluding steroid dienone is 2. The summed E-state index contributed by atoms with van der Waals surface area (Å²) in [6.45, 7) is 1.25. The number of amides is 1. The predicted molar refractivity (Wildman–Crippen MR) is 95.8 cm³/mol. The average molecular weight is 381 g/mol. The zero-order valence-corrected chi connectivity index (χ0v) is 15.4. The lowest BCUT2D eigenvalue weighted by Gasteiger charge is -2.28. The lowest BCUT2D eigenvalue weighted by Crippen LogP contribution is -2.41. The van der Waals surface area contributed by atoms with Crippen LogP contribution in [0.25, 0.3) is 0 Å². The Kier molecular flexibility index (Phi) is 5.75. The van der Waals surface area contributed by atoms with Gasteiger partial charge in [-0.1, -0.05) is 19.3 Å². The van der Waals surface area contributed by atoms with Crippen LogP contribution in [0.4, 0.5) is 0 Å². The lowest BCUT2D eigenvalue weighted by atomic mass is 10.1. The standard InChI is InChI=1S/C17H23N3O5S/c21-15(19-8-4-2-1-3-5-9-19)13-25-17(22)14-7-6-10-20-11-12-26(23,24)18-16(14)20/h6-7,10H,1-5,8-9,11-13H2. The number of likely N-dealkylation sites (tertiary alicyclic amines) is 1. The van der Waals surface area contributed by atoms with Gasteiger partial charge in [0.2, 0.25) is 0 Å². The van der Waals surface area contributed by atoms with E-state index in [4.69, 9.17) is 4.74 Å². The fourth-order valence-electron chi connectivity index (χ4n) is 3.17. The summed E-state index contributed by atoms with van der Waals surface area (Å²) < 4.78 is 32.3. The van der Waals surface area contributed by atoms with Gasteiger partial charge in [-0.15, -0.1) is 4.40 Å². The van der Waals surface area contributed by atoms with E-state index in [1.807, 2.05) is 0 Å². The third kappa shape index (κ3) is 4.51. The summed E-state index contributed by atoms with van der Waals surface area (Å²) in [7, 11) is -3.59. The lowest BCUT2D eigenvalue weighted by molar-refractivity contribution is -0.148. The van der Waals surface area contributed by atoms with Crippen LogP contribution in [0.2, 0.25) is 0 Å². The first kappa shape index (κ1) is 18.6. The maximum Gasteiger partial charge on any atom is 0.342 e. The number of fused-ring (bicyclic) bond motifs is 1. The summed E-state index contributed by atoms with van der Waals surface area (Å²) in [6, 6.07) is 0. The highest BCUT2D eigenvalue weighted by Crippen LogP contribution is 2.19. The van der Waals surface area contributed by atoms with Crippen molar-refractivity contribution in [2.24, 2.45) is 4.40 Å². The minimum atomic E-state index is -3.59. The Morgan fingerprint density at radius 1 is 1.08 bits per heavy atom. The fraction of sp³-hybridized carbons (Fsp3) is 0.588. The second kappa shape index (κ2) is 8.03. The van der Waals surface area contributed by atoms with E-state index < -0.39 is 16.0 Å². The van der Waals surface area contributed by atoms with Gasteiger partial charge in [0.05, 0.1) is 5.75 Å². The summed E-state index contributed by atoms with van der Waals surface area (Å²) in [4.78, 5) is 28.0. The Labute approximate surface area is 153 Å². The molecular formula is C17H23N3O5S. The predicted octanol–water partition coefficient (Wildman–Crippen LogP) is 0.820. The molecule has 0 aromatic rings. The van der Waals surface area contributed by atoms with Crippen LogP contribution in [0.3, 0.4) is 0 Å². The maximum atomic E-state index is 12.4. The number of amidine groups is 1. The number of ether oxygens (including phenoxy) is 1. The first-order valence-electron chi connectivity index (χ1n) is 8.89.